The lowest BCUT2D eigenvalue weighted by atomic mass is 10.1. The number of hydrogen-bond acceptors (Lipinski definition) is 4. The molecule has 0 aromatic rings. The van der Waals surface area contributed by atoms with Gasteiger partial charge in [-0.1, -0.05) is 13.8 Å². The Morgan fingerprint density at radius 2 is 1.81 bits per heavy atom. The molecule has 16 heavy (non-hydrogen) atoms. The highest BCUT2D eigenvalue weighted by atomic mass is 16.4. The molecule has 1 aliphatic heterocycles. The van der Waals surface area contributed by atoms with E-state index in [2.05, 4.69) is 5.32 Å². The van der Waals surface area contributed by atoms with E-state index in [9.17, 15) is 14.4 Å². The topological polar surface area (TPSA) is 109 Å². The summed E-state index contributed by atoms with van der Waals surface area (Å²) in [6.45, 7) is 3.89. The maximum absolute atomic E-state index is 10.1. The van der Waals surface area contributed by atoms with Crippen LogP contribution >= 0.6 is 0 Å². The van der Waals surface area contributed by atoms with Gasteiger partial charge in [0.25, 0.3) is 0 Å². The van der Waals surface area contributed by atoms with Gasteiger partial charge >= 0.3 is 5.97 Å². The predicted octanol–water partition coefficient (Wildman–Crippen LogP) is -0.133. The molecule has 0 unspecified atom stereocenters. The van der Waals surface area contributed by atoms with E-state index in [0.717, 1.165) is 0 Å². The van der Waals surface area contributed by atoms with Gasteiger partial charge in [-0.3, -0.25) is 19.7 Å². The van der Waals surface area contributed by atoms with E-state index in [1.54, 1.807) is 0 Å². The van der Waals surface area contributed by atoms with Crippen LogP contribution < -0.4 is 11.1 Å². The van der Waals surface area contributed by atoms with Crippen molar-refractivity contribution in [3.8, 4) is 0 Å². The number of carbonyl (C=O) groups excluding carboxylic acids is 2. The smallest absolute Gasteiger partial charge is 0.320 e. The first kappa shape index (κ1) is 14.6. The molecule has 0 spiro atoms. The van der Waals surface area contributed by atoms with Gasteiger partial charge in [-0.2, -0.15) is 0 Å². The Morgan fingerprint density at radius 1 is 1.38 bits per heavy atom. The van der Waals surface area contributed by atoms with Gasteiger partial charge in [0, 0.05) is 12.8 Å². The Bertz CT molecular complexity index is 262. The average molecular weight is 230 g/mol. The van der Waals surface area contributed by atoms with E-state index in [0.29, 0.717) is 25.2 Å². The molecule has 0 saturated carbocycles. The van der Waals surface area contributed by atoms with Gasteiger partial charge in [0.05, 0.1) is 0 Å². The van der Waals surface area contributed by atoms with Crippen LogP contribution in [0.15, 0.2) is 0 Å². The highest BCUT2D eigenvalue weighted by Gasteiger charge is 2.15. The molecule has 2 amide bonds. The first-order valence-corrected chi connectivity index (χ1v) is 5.14. The van der Waals surface area contributed by atoms with Crippen LogP contribution in [0, 0.1) is 5.92 Å². The van der Waals surface area contributed by atoms with Crippen LogP contribution in [-0.2, 0) is 14.4 Å². The first-order chi connectivity index (χ1) is 7.32. The van der Waals surface area contributed by atoms with Crippen molar-refractivity contribution in [2.75, 3.05) is 0 Å². The number of nitrogens with two attached hydrogens (primary N) is 1. The van der Waals surface area contributed by atoms with Crippen LogP contribution in [0.4, 0.5) is 0 Å². The zero-order chi connectivity index (χ0) is 12.7. The molecule has 92 valence electrons. The highest BCUT2D eigenvalue weighted by Crippen LogP contribution is 2.01. The summed E-state index contributed by atoms with van der Waals surface area (Å²) in [4.78, 5) is 30.4. The highest BCUT2D eigenvalue weighted by molar-refractivity contribution is 6.01. The van der Waals surface area contributed by atoms with E-state index >= 15 is 0 Å². The van der Waals surface area contributed by atoms with Gasteiger partial charge in [0.15, 0.2) is 0 Å². The summed E-state index contributed by atoms with van der Waals surface area (Å²) >= 11 is 0. The Labute approximate surface area is 94.2 Å². The predicted molar refractivity (Wildman–Crippen MR) is 57.4 cm³/mol. The van der Waals surface area contributed by atoms with Crippen LogP contribution in [0.2, 0.25) is 0 Å². The number of imide groups is 1. The second-order valence-corrected chi connectivity index (χ2v) is 4.05. The largest absolute Gasteiger partial charge is 0.480 e. The van der Waals surface area contributed by atoms with Gasteiger partial charge in [0.1, 0.15) is 6.04 Å². The Hall–Kier alpha value is -1.43. The van der Waals surface area contributed by atoms with E-state index in [4.69, 9.17) is 10.8 Å². The Kier molecular flexibility index (Phi) is 6.32. The zero-order valence-electron chi connectivity index (χ0n) is 9.53. The molecule has 1 fully saturated rings. The minimum absolute atomic E-state index is 0.148. The van der Waals surface area contributed by atoms with Crippen molar-refractivity contribution >= 4 is 17.8 Å². The fourth-order valence-electron chi connectivity index (χ4n) is 1.12. The molecule has 0 aliphatic carbocycles. The molecule has 4 N–H and O–H groups in total. The maximum atomic E-state index is 10.1. The Morgan fingerprint density at radius 3 is 1.94 bits per heavy atom. The lowest BCUT2D eigenvalue weighted by Gasteiger charge is -2.07. The summed E-state index contributed by atoms with van der Waals surface area (Å²) in [6.07, 6.45) is 1.30. The summed E-state index contributed by atoms with van der Waals surface area (Å²) in [5.41, 5.74) is 5.22. The summed E-state index contributed by atoms with van der Waals surface area (Å²) in [5.74, 6) is -0.852. The molecule has 0 aromatic heterocycles. The van der Waals surface area contributed by atoms with Crippen LogP contribution in [0.3, 0.4) is 0 Å². The van der Waals surface area contributed by atoms with E-state index in [1.807, 2.05) is 13.8 Å². The zero-order valence-corrected chi connectivity index (χ0v) is 9.53. The van der Waals surface area contributed by atoms with E-state index in [-0.39, 0.29) is 11.8 Å². The lowest BCUT2D eigenvalue weighted by Crippen LogP contribution is -2.31. The van der Waals surface area contributed by atoms with Crippen LogP contribution in [0.25, 0.3) is 0 Å². The fraction of sp³-hybridized carbons (Fsp3) is 0.700. The minimum atomic E-state index is -0.913. The Balaban J connectivity index is 0.000000288. The fourth-order valence-corrected chi connectivity index (χ4v) is 1.12. The van der Waals surface area contributed by atoms with Crippen LogP contribution in [-0.4, -0.2) is 28.9 Å². The molecule has 0 bridgehead atoms. The molecule has 6 nitrogen and oxygen atoms in total. The molecular formula is C10H18N2O4. The van der Waals surface area contributed by atoms with Gasteiger partial charge in [0.2, 0.25) is 11.8 Å². The molecule has 1 atom stereocenters. The lowest BCUT2D eigenvalue weighted by molar-refractivity contribution is -0.139. The average Bonchev–Trinajstić information content (AvgIpc) is 2.49. The van der Waals surface area contributed by atoms with Crippen molar-refractivity contribution in [2.24, 2.45) is 11.7 Å². The molecule has 1 aliphatic rings. The second kappa shape index (κ2) is 6.95. The first-order valence-electron chi connectivity index (χ1n) is 5.14. The molecule has 6 heteroatoms. The number of carboxylic acid groups (broad SMARTS) is 1. The van der Waals surface area contributed by atoms with E-state index in [1.165, 1.54) is 0 Å². The summed E-state index contributed by atoms with van der Waals surface area (Å²) < 4.78 is 0. The van der Waals surface area contributed by atoms with Crippen molar-refractivity contribution in [2.45, 2.75) is 39.2 Å². The van der Waals surface area contributed by atoms with Crippen molar-refractivity contribution in [3.63, 3.8) is 0 Å². The summed E-state index contributed by atoms with van der Waals surface area (Å²) in [5, 5.41) is 10.4. The van der Waals surface area contributed by atoms with Gasteiger partial charge in [-0.05, 0) is 12.3 Å². The van der Waals surface area contributed by atoms with Crippen molar-refractivity contribution in [1.82, 2.24) is 5.32 Å². The minimum Gasteiger partial charge on any atom is -0.480 e. The van der Waals surface area contributed by atoms with Crippen molar-refractivity contribution in [1.29, 1.82) is 0 Å². The molecule has 0 radical (unpaired) electrons. The SMILES string of the molecule is CC(C)C[C@H](N)C(=O)O.O=C1CCC(=O)N1. The third kappa shape index (κ3) is 6.94. The van der Waals surface area contributed by atoms with Gasteiger partial charge in [-0.25, -0.2) is 0 Å². The summed E-state index contributed by atoms with van der Waals surface area (Å²) in [7, 11) is 0. The number of hydrogen-bond donors (Lipinski definition) is 3. The van der Waals surface area contributed by atoms with Crippen LogP contribution in [0.1, 0.15) is 33.1 Å². The molecular weight excluding hydrogens is 212 g/mol. The van der Waals surface area contributed by atoms with Gasteiger partial charge in [-0.15, -0.1) is 0 Å². The van der Waals surface area contributed by atoms with E-state index < -0.39 is 12.0 Å². The molecule has 1 heterocycles. The molecule has 0 aromatic carbocycles. The normalized spacial score (nSPS) is 16.5. The number of aliphatic carboxylic acids is 1. The second-order valence-electron chi connectivity index (χ2n) is 4.05. The number of nitrogens with one attached hydrogen (secondary N) is 1. The number of amides is 2. The third-order valence-corrected chi connectivity index (χ3v) is 1.90. The monoisotopic (exact) mass is 230 g/mol. The van der Waals surface area contributed by atoms with Gasteiger partial charge < -0.3 is 10.8 Å². The van der Waals surface area contributed by atoms with Crippen LogP contribution in [0.5, 0.6) is 0 Å². The standard InChI is InChI=1S/C6H13NO2.C4H5NO2/c1-4(2)3-5(7)6(8)9;6-3-1-2-4(7)5-3/h4-5H,3,7H2,1-2H3,(H,8,9);1-2H2,(H,5,6,7)/t5-;/m0./s1. The van der Waals surface area contributed by atoms with Crippen molar-refractivity contribution in [3.05, 3.63) is 0 Å². The number of carbonyl (C=O) groups is 3. The maximum Gasteiger partial charge on any atom is 0.320 e. The number of rotatable bonds is 3. The quantitative estimate of drug-likeness (QED) is 0.585. The molecule has 1 saturated heterocycles. The third-order valence-electron chi connectivity index (χ3n) is 1.90. The van der Waals surface area contributed by atoms with Crippen molar-refractivity contribution < 1.29 is 19.5 Å². The molecule has 1 rings (SSSR count). The summed E-state index contributed by atoms with van der Waals surface area (Å²) in [6, 6.07) is -0.690. The number of carboxylic acids is 1.